The van der Waals surface area contributed by atoms with E-state index in [0.717, 1.165) is 18.7 Å². The topological polar surface area (TPSA) is 50.4 Å². The van der Waals surface area contributed by atoms with Crippen molar-refractivity contribution < 1.29 is 9.53 Å². The largest absolute Gasteiger partial charge is 0.484 e. The van der Waals surface area contributed by atoms with Crippen molar-refractivity contribution in [2.75, 3.05) is 20.2 Å². The van der Waals surface area contributed by atoms with Gasteiger partial charge in [-0.1, -0.05) is 26.0 Å². The zero-order valence-electron chi connectivity index (χ0n) is 12.0. The lowest BCUT2D eigenvalue weighted by Gasteiger charge is -2.09. The summed E-state index contributed by atoms with van der Waals surface area (Å²) in [5, 5.41) is 5.92. The molecule has 0 bridgehead atoms. The van der Waals surface area contributed by atoms with Crippen molar-refractivity contribution in [2.24, 2.45) is 5.92 Å². The molecule has 4 heteroatoms. The molecule has 0 fully saturated rings. The van der Waals surface area contributed by atoms with Crippen LogP contribution in [0.1, 0.15) is 25.8 Å². The molecule has 0 saturated heterocycles. The molecule has 0 atom stereocenters. The lowest BCUT2D eigenvalue weighted by molar-refractivity contribution is -0.123. The summed E-state index contributed by atoms with van der Waals surface area (Å²) in [5.74, 6) is 1.25. The van der Waals surface area contributed by atoms with Gasteiger partial charge >= 0.3 is 0 Å². The predicted octanol–water partition coefficient (Wildman–Crippen LogP) is 1.95. The van der Waals surface area contributed by atoms with E-state index in [1.54, 1.807) is 0 Å². The molecule has 0 saturated carbocycles. The number of carbonyl (C=O) groups excluding carboxylic acids is 1. The van der Waals surface area contributed by atoms with Gasteiger partial charge in [0.15, 0.2) is 6.61 Å². The van der Waals surface area contributed by atoms with Gasteiger partial charge in [0.2, 0.25) is 0 Å². The van der Waals surface area contributed by atoms with E-state index in [9.17, 15) is 4.79 Å². The highest BCUT2D eigenvalue weighted by molar-refractivity contribution is 5.77. The Morgan fingerprint density at radius 1 is 1.26 bits per heavy atom. The fourth-order valence-electron chi connectivity index (χ4n) is 1.61. The Labute approximate surface area is 115 Å². The normalized spacial score (nSPS) is 10.5. The van der Waals surface area contributed by atoms with Gasteiger partial charge in [-0.15, -0.1) is 0 Å². The highest BCUT2D eigenvalue weighted by Crippen LogP contribution is 2.11. The minimum Gasteiger partial charge on any atom is -0.484 e. The van der Waals surface area contributed by atoms with Crippen LogP contribution >= 0.6 is 0 Å². The number of amides is 1. The van der Waals surface area contributed by atoms with Gasteiger partial charge in [-0.05, 0) is 37.1 Å². The summed E-state index contributed by atoms with van der Waals surface area (Å²) < 4.78 is 5.43. The Bertz CT molecular complexity index is 374. The molecule has 0 heterocycles. The van der Waals surface area contributed by atoms with E-state index in [-0.39, 0.29) is 12.5 Å². The molecule has 0 unspecified atom stereocenters. The van der Waals surface area contributed by atoms with Crippen LogP contribution in [0.2, 0.25) is 0 Å². The molecule has 0 aliphatic heterocycles. The minimum atomic E-state index is -0.0695. The zero-order chi connectivity index (χ0) is 14.1. The van der Waals surface area contributed by atoms with Crippen molar-refractivity contribution in [1.29, 1.82) is 0 Å². The molecule has 106 valence electrons. The second kappa shape index (κ2) is 8.53. The molecule has 2 N–H and O–H groups in total. The summed E-state index contributed by atoms with van der Waals surface area (Å²) in [6.45, 7) is 5.88. The fraction of sp³-hybridized carbons (Fsp3) is 0.533. The molecule has 0 spiro atoms. The number of hydrogen-bond donors (Lipinski definition) is 2. The first kappa shape index (κ1) is 15.5. The summed E-state index contributed by atoms with van der Waals surface area (Å²) in [4.78, 5) is 11.5. The lowest BCUT2D eigenvalue weighted by atomic mass is 10.1. The summed E-state index contributed by atoms with van der Waals surface area (Å²) in [7, 11) is 1.91. The third kappa shape index (κ3) is 6.82. The van der Waals surface area contributed by atoms with Crippen molar-refractivity contribution in [3.8, 4) is 5.75 Å². The highest BCUT2D eigenvalue weighted by Gasteiger charge is 2.03. The van der Waals surface area contributed by atoms with Crippen LogP contribution in [0.3, 0.4) is 0 Å². The standard InChI is InChI=1S/C15H24N2O2/c1-12(2)8-9-17-15(18)11-19-14-6-4-13(5-7-14)10-16-3/h4-7,12,16H,8-11H2,1-3H3,(H,17,18). The number of hydrogen-bond acceptors (Lipinski definition) is 3. The third-order valence-corrected chi connectivity index (χ3v) is 2.72. The average molecular weight is 264 g/mol. The van der Waals surface area contributed by atoms with Crippen LogP contribution in [0.5, 0.6) is 5.75 Å². The number of carbonyl (C=O) groups is 1. The molecular formula is C15H24N2O2. The SMILES string of the molecule is CNCc1ccc(OCC(=O)NCCC(C)C)cc1. The Morgan fingerprint density at radius 2 is 1.95 bits per heavy atom. The monoisotopic (exact) mass is 264 g/mol. The predicted molar refractivity (Wildman–Crippen MR) is 77.2 cm³/mol. The fourth-order valence-corrected chi connectivity index (χ4v) is 1.61. The molecule has 1 aromatic rings. The Hall–Kier alpha value is -1.55. The molecule has 19 heavy (non-hydrogen) atoms. The molecular weight excluding hydrogens is 240 g/mol. The van der Waals surface area contributed by atoms with Crippen molar-refractivity contribution in [3.05, 3.63) is 29.8 Å². The molecule has 1 amide bonds. The quantitative estimate of drug-likeness (QED) is 0.754. The van der Waals surface area contributed by atoms with E-state index in [2.05, 4.69) is 24.5 Å². The molecule has 0 aromatic heterocycles. The Kier molecular flexibility index (Phi) is 6.97. The smallest absolute Gasteiger partial charge is 0.257 e. The van der Waals surface area contributed by atoms with Gasteiger partial charge in [-0.2, -0.15) is 0 Å². The molecule has 4 nitrogen and oxygen atoms in total. The molecule has 0 aliphatic carbocycles. The van der Waals surface area contributed by atoms with Gasteiger partial charge in [0, 0.05) is 13.1 Å². The van der Waals surface area contributed by atoms with Gasteiger partial charge < -0.3 is 15.4 Å². The van der Waals surface area contributed by atoms with Crippen molar-refractivity contribution in [3.63, 3.8) is 0 Å². The average Bonchev–Trinajstić information content (AvgIpc) is 2.38. The second-order valence-corrected chi connectivity index (χ2v) is 5.00. The van der Waals surface area contributed by atoms with E-state index in [1.807, 2.05) is 31.3 Å². The minimum absolute atomic E-state index is 0.0695. The van der Waals surface area contributed by atoms with E-state index in [0.29, 0.717) is 12.5 Å². The lowest BCUT2D eigenvalue weighted by Crippen LogP contribution is -2.30. The number of benzene rings is 1. The summed E-state index contributed by atoms with van der Waals surface area (Å²) in [6, 6.07) is 7.74. The van der Waals surface area contributed by atoms with Gasteiger partial charge in [0.05, 0.1) is 0 Å². The van der Waals surface area contributed by atoms with Gasteiger partial charge in [-0.3, -0.25) is 4.79 Å². The van der Waals surface area contributed by atoms with E-state index in [4.69, 9.17) is 4.74 Å². The van der Waals surface area contributed by atoms with Crippen LogP contribution < -0.4 is 15.4 Å². The van der Waals surface area contributed by atoms with Crippen LogP contribution in [0, 0.1) is 5.92 Å². The van der Waals surface area contributed by atoms with Crippen LogP contribution in [0.15, 0.2) is 24.3 Å². The van der Waals surface area contributed by atoms with Crippen LogP contribution in [0.4, 0.5) is 0 Å². The first-order chi connectivity index (χ1) is 9.11. The molecule has 1 rings (SSSR count). The first-order valence-electron chi connectivity index (χ1n) is 6.75. The van der Waals surface area contributed by atoms with E-state index in [1.165, 1.54) is 5.56 Å². The van der Waals surface area contributed by atoms with Crippen molar-refractivity contribution >= 4 is 5.91 Å². The summed E-state index contributed by atoms with van der Waals surface area (Å²) >= 11 is 0. The van der Waals surface area contributed by atoms with E-state index < -0.39 is 0 Å². The second-order valence-electron chi connectivity index (χ2n) is 5.00. The van der Waals surface area contributed by atoms with E-state index >= 15 is 0 Å². The van der Waals surface area contributed by atoms with Gasteiger partial charge in [0.1, 0.15) is 5.75 Å². The number of nitrogens with one attached hydrogen (secondary N) is 2. The van der Waals surface area contributed by atoms with Crippen LogP contribution in [0.25, 0.3) is 0 Å². The van der Waals surface area contributed by atoms with Crippen molar-refractivity contribution in [2.45, 2.75) is 26.8 Å². The first-order valence-corrected chi connectivity index (χ1v) is 6.75. The van der Waals surface area contributed by atoms with Crippen LogP contribution in [-0.4, -0.2) is 26.1 Å². The zero-order valence-corrected chi connectivity index (χ0v) is 12.0. The number of rotatable bonds is 8. The Balaban J connectivity index is 2.25. The van der Waals surface area contributed by atoms with Crippen molar-refractivity contribution in [1.82, 2.24) is 10.6 Å². The highest BCUT2D eigenvalue weighted by atomic mass is 16.5. The maximum Gasteiger partial charge on any atom is 0.257 e. The van der Waals surface area contributed by atoms with Crippen LogP contribution in [-0.2, 0) is 11.3 Å². The maximum absolute atomic E-state index is 11.5. The maximum atomic E-state index is 11.5. The molecule has 1 aromatic carbocycles. The molecule has 0 radical (unpaired) electrons. The molecule has 0 aliphatic rings. The van der Waals surface area contributed by atoms with Gasteiger partial charge in [0.25, 0.3) is 5.91 Å². The van der Waals surface area contributed by atoms with Gasteiger partial charge in [-0.25, -0.2) is 0 Å². The third-order valence-electron chi connectivity index (χ3n) is 2.72. The number of ether oxygens (including phenoxy) is 1. The summed E-state index contributed by atoms with van der Waals surface area (Å²) in [6.07, 6.45) is 0.991. The Morgan fingerprint density at radius 3 is 2.53 bits per heavy atom. The summed E-state index contributed by atoms with van der Waals surface area (Å²) in [5.41, 5.74) is 1.19.